The molecule has 8 aromatic rings. The molecule has 0 unspecified atom stereocenters. The summed E-state index contributed by atoms with van der Waals surface area (Å²) in [7, 11) is -2.85. The van der Waals surface area contributed by atoms with Gasteiger partial charge in [-0.1, -0.05) is 109 Å². The maximum Gasteiger partial charge on any atom is 0.333 e. The lowest BCUT2D eigenvalue weighted by molar-refractivity contribution is -0.132. The Morgan fingerprint density at radius 1 is 0.792 bits per heavy atom. The number of pyridine rings is 1. The summed E-state index contributed by atoms with van der Waals surface area (Å²) in [5, 5.41) is 0.385. The number of benzene rings is 6. The number of nitrogens with zero attached hydrogens (tertiary/aromatic N) is 6. The van der Waals surface area contributed by atoms with Gasteiger partial charge in [0.15, 0.2) is 5.82 Å². The molecule has 11 rings (SSSR count). The number of nitrogens with one attached hydrogen (secondary N) is 1. The van der Waals surface area contributed by atoms with Crippen LogP contribution in [-0.4, -0.2) is 95.4 Å². The van der Waals surface area contributed by atoms with E-state index in [1.54, 1.807) is 78.7 Å². The molecule has 16 nitrogen and oxygen atoms in total. The molecule has 2 amide bonds. The number of carbonyl (C=O) groups is 2. The molecule has 0 radical (unpaired) electrons. The van der Waals surface area contributed by atoms with Crippen molar-refractivity contribution in [3.05, 3.63) is 190 Å². The molecule has 0 saturated carbocycles. The third-order valence-electron chi connectivity index (χ3n) is 13.7. The number of alkyl halides is 2. The zero-order valence-corrected chi connectivity index (χ0v) is 42.3. The highest BCUT2D eigenvalue weighted by Gasteiger charge is 2.42. The van der Waals surface area contributed by atoms with Crippen LogP contribution in [0.2, 0.25) is 0 Å². The number of likely N-dealkylation sites (tertiary alicyclic amines) is 1. The Labute approximate surface area is 440 Å². The molecule has 1 atom stereocenters. The number of fused-ring (bicyclic) bond motifs is 2. The van der Waals surface area contributed by atoms with Gasteiger partial charge < -0.3 is 23.8 Å². The zero-order chi connectivity index (χ0) is 53.4. The summed E-state index contributed by atoms with van der Waals surface area (Å²) in [6.45, 7) is -0.758. The Bertz CT molecular complexity index is 3770. The fourth-order valence-corrected chi connectivity index (χ4v) is 11.0. The van der Waals surface area contributed by atoms with Gasteiger partial charge in [-0.05, 0) is 64.0 Å². The smallest absolute Gasteiger partial charge is 0.333 e. The SMILES string of the molecule is Cn1c(=O)n(-c2ccc(OCc3ccccc3)nc2OCc2ccccc2)c2ccc(C3=CCN(CC(=O)N4CC[C@@H](Oc5ccc6cc(OCc7ccccc7)c(N7CC(=O)NS7(=O)=O)c(F)c6c5)C4)CC3(F)F)cc21. The second-order valence-electron chi connectivity index (χ2n) is 19.0. The number of hydrogen-bond acceptors (Lipinski definition) is 11. The lowest BCUT2D eigenvalue weighted by Gasteiger charge is -2.33. The molecular formula is C57H50F3N7O9S. The standard InChI is InChI=1S/C57H50F3N7O9S/c1-63-48-27-41(18-20-46(48)67(56(63)70)47-21-22-51(74-34-38-13-7-3-8-14-38)61-55(47)75-35-39-15-9-4-10-16-39)45-24-25-64(36-57(45,59)60)32-52(69)65-26-23-43(30-65)76-42-19-17-40-28-49(73-33-37-11-5-2-6-12-37)54(53(58)44(40)29-42)66-31-50(68)62-77(66,71)72/h2-22,24,27-29,43H,23,25-26,30-36H2,1H3,(H,62,68)/t43-/m1/s1. The van der Waals surface area contributed by atoms with E-state index in [4.69, 9.17) is 18.9 Å². The van der Waals surface area contributed by atoms with Crippen molar-refractivity contribution >= 4 is 55.1 Å². The van der Waals surface area contributed by atoms with E-state index in [1.165, 1.54) is 32.2 Å². The van der Waals surface area contributed by atoms with Gasteiger partial charge >= 0.3 is 15.9 Å². The van der Waals surface area contributed by atoms with Crippen LogP contribution in [0, 0.1) is 5.82 Å². The van der Waals surface area contributed by atoms with Crippen molar-refractivity contribution in [1.29, 1.82) is 0 Å². The first-order valence-corrected chi connectivity index (χ1v) is 26.2. The molecule has 77 heavy (non-hydrogen) atoms. The number of rotatable bonds is 16. The van der Waals surface area contributed by atoms with Gasteiger partial charge in [-0.3, -0.25) is 23.6 Å². The minimum Gasteiger partial charge on any atom is -0.488 e. The Balaban J connectivity index is 0.768. The van der Waals surface area contributed by atoms with E-state index < -0.39 is 58.4 Å². The fraction of sp³-hybridized carbons (Fsp3) is 0.228. The van der Waals surface area contributed by atoms with Crippen molar-refractivity contribution in [3.63, 3.8) is 0 Å². The number of aromatic nitrogens is 3. The summed E-state index contributed by atoms with van der Waals surface area (Å²) < 4.78 is 105. The van der Waals surface area contributed by atoms with Crippen LogP contribution >= 0.6 is 0 Å². The number of anilines is 1. The Morgan fingerprint density at radius 3 is 2.13 bits per heavy atom. The van der Waals surface area contributed by atoms with Gasteiger partial charge in [0.1, 0.15) is 55.3 Å². The number of aryl methyl sites for hydroxylation is 1. The molecule has 394 valence electrons. The van der Waals surface area contributed by atoms with Crippen molar-refractivity contribution in [2.45, 2.75) is 38.3 Å². The number of carbonyl (C=O) groups excluding carboxylic acids is 2. The number of halogens is 3. The third kappa shape index (κ3) is 10.5. The lowest BCUT2D eigenvalue weighted by atomic mass is 9.95. The average molecular weight is 1070 g/mol. The molecule has 2 aromatic heterocycles. The summed E-state index contributed by atoms with van der Waals surface area (Å²) >= 11 is 0. The number of ether oxygens (including phenoxy) is 4. The van der Waals surface area contributed by atoms with Crippen LogP contribution in [-0.2, 0) is 46.7 Å². The molecule has 3 aliphatic rings. The van der Waals surface area contributed by atoms with Gasteiger partial charge in [-0.2, -0.15) is 22.2 Å². The molecule has 3 aliphatic heterocycles. The van der Waals surface area contributed by atoms with Crippen molar-refractivity contribution < 1.29 is 50.1 Å². The summed E-state index contributed by atoms with van der Waals surface area (Å²) in [4.78, 5) is 47.5. The van der Waals surface area contributed by atoms with E-state index in [0.717, 1.165) is 16.7 Å². The predicted octanol–water partition coefficient (Wildman–Crippen LogP) is 7.95. The van der Waals surface area contributed by atoms with Gasteiger partial charge in [0.25, 0.3) is 11.8 Å². The zero-order valence-electron chi connectivity index (χ0n) is 41.5. The summed E-state index contributed by atoms with van der Waals surface area (Å²) in [5.41, 5.74) is 2.86. The van der Waals surface area contributed by atoms with Crippen LogP contribution in [0.4, 0.5) is 18.9 Å². The molecular weight excluding hydrogens is 1020 g/mol. The van der Waals surface area contributed by atoms with E-state index >= 15 is 13.2 Å². The van der Waals surface area contributed by atoms with Gasteiger partial charge in [0.05, 0.1) is 30.7 Å². The predicted molar refractivity (Wildman–Crippen MR) is 282 cm³/mol. The molecule has 2 saturated heterocycles. The monoisotopic (exact) mass is 1070 g/mol. The first-order chi connectivity index (χ1) is 37.2. The maximum atomic E-state index is 16.6. The Morgan fingerprint density at radius 2 is 1.47 bits per heavy atom. The largest absolute Gasteiger partial charge is 0.488 e. The number of hydrogen-bond donors (Lipinski definition) is 1. The topological polar surface area (TPSA) is 167 Å². The molecule has 2 fully saturated rings. The highest BCUT2D eigenvalue weighted by Crippen LogP contribution is 2.42. The first kappa shape index (κ1) is 50.5. The molecule has 1 N–H and O–H groups in total. The molecule has 6 aromatic carbocycles. The van der Waals surface area contributed by atoms with Crippen LogP contribution in [0.25, 0.3) is 33.1 Å². The van der Waals surface area contributed by atoms with E-state index in [-0.39, 0.29) is 91.7 Å². The van der Waals surface area contributed by atoms with Crippen LogP contribution in [0.1, 0.15) is 28.7 Å². The molecule has 5 heterocycles. The normalized spacial score (nSPS) is 17.1. The van der Waals surface area contributed by atoms with Crippen molar-refractivity contribution in [2.75, 3.05) is 43.6 Å². The van der Waals surface area contributed by atoms with E-state index in [2.05, 4.69) is 4.98 Å². The molecule has 0 spiro atoms. The van der Waals surface area contributed by atoms with Crippen LogP contribution in [0.15, 0.2) is 156 Å². The van der Waals surface area contributed by atoms with E-state index in [1.807, 2.05) is 71.5 Å². The first-order valence-electron chi connectivity index (χ1n) is 24.8. The second-order valence-corrected chi connectivity index (χ2v) is 20.6. The Kier molecular flexibility index (Phi) is 13.7. The summed E-state index contributed by atoms with van der Waals surface area (Å²) in [5.74, 6) is -4.92. The maximum absolute atomic E-state index is 16.6. The van der Waals surface area contributed by atoms with Crippen molar-refractivity contribution in [2.24, 2.45) is 7.05 Å². The highest BCUT2D eigenvalue weighted by atomic mass is 32.2. The Hall–Kier alpha value is -8.62. The van der Waals surface area contributed by atoms with Crippen LogP contribution in [0.3, 0.4) is 0 Å². The minimum atomic E-state index is -4.42. The minimum absolute atomic E-state index is 0.00154. The fourth-order valence-electron chi connectivity index (χ4n) is 9.85. The quantitative estimate of drug-likeness (QED) is 0.0998. The van der Waals surface area contributed by atoms with Crippen molar-refractivity contribution in [1.82, 2.24) is 28.6 Å². The number of imidazole rings is 1. The summed E-state index contributed by atoms with van der Waals surface area (Å²) in [6, 6.07) is 42.3. The summed E-state index contributed by atoms with van der Waals surface area (Å²) in [6.07, 6.45) is 1.29. The van der Waals surface area contributed by atoms with E-state index in [9.17, 15) is 22.8 Å². The molecule has 0 aliphatic carbocycles. The average Bonchev–Trinajstić information content (AvgIpc) is 4.14. The lowest BCUT2D eigenvalue weighted by Crippen LogP contribution is -2.47. The molecule has 0 bridgehead atoms. The van der Waals surface area contributed by atoms with Crippen LogP contribution in [0.5, 0.6) is 23.3 Å². The second kappa shape index (κ2) is 20.8. The van der Waals surface area contributed by atoms with Gasteiger partial charge in [-0.15, -0.1) is 0 Å². The highest BCUT2D eigenvalue weighted by molar-refractivity contribution is 7.92. The van der Waals surface area contributed by atoms with Gasteiger partial charge in [0, 0.05) is 43.6 Å². The third-order valence-corrected chi connectivity index (χ3v) is 15.1. The van der Waals surface area contributed by atoms with E-state index in [0.29, 0.717) is 32.8 Å². The number of amides is 2. The van der Waals surface area contributed by atoms with Gasteiger partial charge in [-0.25, -0.2) is 18.2 Å². The van der Waals surface area contributed by atoms with Gasteiger partial charge in [0.2, 0.25) is 17.7 Å². The van der Waals surface area contributed by atoms with Crippen molar-refractivity contribution in [3.8, 4) is 28.9 Å². The van der Waals surface area contributed by atoms with Crippen LogP contribution < -0.4 is 33.7 Å². The molecule has 20 heteroatoms.